The fraction of sp³-hybridized carbons (Fsp3) is 0.200. The van der Waals surface area contributed by atoms with Crippen LogP contribution in [0.1, 0.15) is 42.4 Å². The summed E-state index contributed by atoms with van der Waals surface area (Å²) in [5, 5.41) is 0. The molecule has 0 aromatic heterocycles. The third-order valence-electron chi connectivity index (χ3n) is 5.21. The van der Waals surface area contributed by atoms with Crippen molar-refractivity contribution in [2.45, 2.75) is 31.1 Å². The molecular weight excluding hydrogens is 347 g/mol. The number of carbonyl (C=O) groups excluding carboxylic acids is 1. The summed E-state index contributed by atoms with van der Waals surface area (Å²) in [5.41, 5.74) is 3.68. The van der Waals surface area contributed by atoms with Crippen molar-refractivity contribution in [1.82, 2.24) is 0 Å². The molecule has 0 heterocycles. The van der Waals surface area contributed by atoms with Crippen molar-refractivity contribution in [3.05, 3.63) is 108 Å². The molecule has 0 saturated heterocycles. The number of rotatable bonds is 9. The van der Waals surface area contributed by atoms with Crippen molar-refractivity contribution in [3.63, 3.8) is 0 Å². The molecule has 1 nitrogen and oxygen atoms in total. The summed E-state index contributed by atoms with van der Waals surface area (Å²) in [4.78, 5) is 11.7. The number of hydrogen-bond acceptors (Lipinski definition) is 1. The van der Waals surface area contributed by atoms with E-state index in [1.54, 1.807) is 5.80 Å². The number of unbranched alkanes of at least 4 members (excludes halogenated alkanes) is 1. The predicted molar refractivity (Wildman–Crippen MR) is 118 cm³/mol. The highest BCUT2D eigenvalue weighted by atomic mass is 31.0. The van der Waals surface area contributed by atoms with Crippen molar-refractivity contribution in [2.24, 2.45) is 0 Å². The van der Waals surface area contributed by atoms with Gasteiger partial charge < -0.3 is 0 Å². The van der Waals surface area contributed by atoms with Gasteiger partial charge in [0.2, 0.25) is 0 Å². The zero-order chi connectivity index (χ0) is 19.0. The maximum atomic E-state index is 11.7. The topological polar surface area (TPSA) is 17.1 Å². The maximum Gasteiger partial charge on any atom is 0.196 e. The summed E-state index contributed by atoms with van der Waals surface area (Å²) in [5.74, 6) is 1.79. The Morgan fingerprint density at radius 2 is 1.11 bits per heavy atom. The molecule has 0 fully saturated rings. The zero-order valence-electron chi connectivity index (χ0n) is 15.6. The Balaban J connectivity index is 2.05. The van der Waals surface area contributed by atoms with E-state index in [9.17, 15) is 4.79 Å². The first-order chi connectivity index (χ1) is 13.3. The molecule has 3 rings (SSSR count). The SMILES string of the molecule is O=C(C=[PH2+])CCCCC(c1ccccc1)(c1ccccc1)c1ccccc1. The standard InChI is InChI=1S/C25H25OP/c26-24(20-27)18-10-11-19-25(21-12-4-1-5-13-21,22-14-6-2-7-15-22)23-16-8-3-9-17-23/h1-9,12-17,20,27H,10-11,18-19H2/p+1. The van der Waals surface area contributed by atoms with Crippen LogP contribution in [-0.4, -0.2) is 11.6 Å². The lowest BCUT2D eigenvalue weighted by Gasteiger charge is -2.36. The smallest absolute Gasteiger partial charge is 0.196 e. The zero-order valence-corrected chi connectivity index (χ0v) is 16.7. The molecule has 136 valence electrons. The quantitative estimate of drug-likeness (QED) is 0.262. The average molecular weight is 373 g/mol. The van der Waals surface area contributed by atoms with Gasteiger partial charge in [-0.2, -0.15) is 0 Å². The van der Waals surface area contributed by atoms with Crippen LogP contribution in [0.5, 0.6) is 0 Å². The molecule has 1 unspecified atom stereocenters. The second-order valence-corrected chi connectivity index (χ2v) is 7.18. The molecule has 0 saturated carbocycles. The second kappa shape index (κ2) is 9.44. The Bertz CT molecular complexity index is 760. The number of hydrogen-bond donors (Lipinski definition) is 0. The third-order valence-corrected chi connectivity index (χ3v) is 5.58. The van der Waals surface area contributed by atoms with Crippen LogP contribution >= 0.6 is 8.86 Å². The first-order valence-corrected chi connectivity index (χ1v) is 10.2. The third kappa shape index (κ3) is 4.43. The molecule has 0 bridgehead atoms. The molecule has 2 heteroatoms. The van der Waals surface area contributed by atoms with Gasteiger partial charge in [-0.25, -0.2) is 0 Å². The van der Waals surface area contributed by atoms with E-state index < -0.39 is 0 Å². The second-order valence-electron chi connectivity index (χ2n) is 6.84. The van der Waals surface area contributed by atoms with Gasteiger partial charge in [0, 0.05) is 11.8 Å². The molecule has 0 aliphatic rings. The monoisotopic (exact) mass is 373 g/mol. The predicted octanol–water partition coefficient (Wildman–Crippen LogP) is 5.83. The Labute approximate surface area is 164 Å². The van der Waals surface area contributed by atoms with Gasteiger partial charge in [-0.1, -0.05) is 97.4 Å². The van der Waals surface area contributed by atoms with Crippen LogP contribution < -0.4 is 0 Å². The maximum absolute atomic E-state index is 11.7. The van der Waals surface area contributed by atoms with Gasteiger partial charge in [0.25, 0.3) is 0 Å². The highest BCUT2D eigenvalue weighted by molar-refractivity contribution is 7.22. The number of Topliss-reactive ketones (excluding diaryl/α,β-unsaturated/α-hetero) is 1. The van der Waals surface area contributed by atoms with Crippen molar-refractivity contribution in [3.8, 4) is 0 Å². The lowest BCUT2D eigenvalue weighted by Crippen LogP contribution is -2.29. The molecule has 1 atom stereocenters. The van der Waals surface area contributed by atoms with Crippen molar-refractivity contribution < 1.29 is 4.79 Å². The first-order valence-electron chi connectivity index (χ1n) is 9.52. The molecule has 3 aromatic rings. The van der Waals surface area contributed by atoms with Crippen molar-refractivity contribution in [2.75, 3.05) is 0 Å². The van der Waals surface area contributed by atoms with E-state index in [0.717, 1.165) is 19.3 Å². The Hall–Kier alpha value is -2.50. The van der Waals surface area contributed by atoms with Gasteiger partial charge in [-0.15, -0.1) is 0 Å². The van der Waals surface area contributed by atoms with Crippen LogP contribution in [0.4, 0.5) is 0 Å². The lowest BCUT2D eigenvalue weighted by atomic mass is 9.66. The molecule has 0 N–H and O–H groups in total. The fourth-order valence-corrected chi connectivity index (χ4v) is 4.04. The number of ketones is 1. The minimum atomic E-state index is -0.211. The summed E-state index contributed by atoms with van der Waals surface area (Å²) in [6.07, 6.45) is 3.47. The molecule has 0 radical (unpaired) electrons. The minimum Gasteiger partial charge on any atom is -0.291 e. The molecule has 3 aromatic carbocycles. The van der Waals surface area contributed by atoms with E-state index >= 15 is 0 Å². The molecule has 0 aliphatic heterocycles. The van der Waals surface area contributed by atoms with Crippen LogP contribution in [-0.2, 0) is 10.2 Å². The summed E-state index contributed by atoms with van der Waals surface area (Å²) < 4.78 is 0. The summed E-state index contributed by atoms with van der Waals surface area (Å²) >= 11 is 0. The highest BCUT2D eigenvalue weighted by Crippen LogP contribution is 2.43. The van der Waals surface area contributed by atoms with E-state index in [0.29, 0.717) is 6.42 Å². The summed E-state index contributed by atoms with van der Waals surface area (Å²) in [6.45, 7) is 0. The summed E-state index contributed by atoms with van der Waals surface area (Å²) in [6, 6.07) is 32.2. The molecule has 0 aliphatic carbocycles. The lowest BCUT2D eigenvalue weighted by molar-refractivity contribution is -0.112. The van der Waals surface area contributed by atoms with Crippen LogP contribution in [0.15, 0.2) is 91.0 Å². The Morgan fingerprint density at radius 1 is 0.704 bits per heavy atom. The van der Waals surface area contributed by atoms with Crippen molar-refractivity contribution >= 4 is 20.4 Å². The van der Waals surface area contributed by atoms with Gasteiger partial charge in [0.05, 0.1) is 8.86 Å². The first kappa shape index (κ1) is 19.3. The van der Waals surface area contributed by atoms with E-state index in [4.69, 9.17) is 0 Å². The Kier molecular flexibility index (Phi) is 6.74. The number of carbonyl (C=O) groups is 1. The summed E-state index contributed by atoms with van der Waals surface area (Å²) in [7, 11) is 2.41. The van der Waals surface area contributed by atoms with E-state index in [-0.39, 0.29) is 11.2 Å². The van der Waals surface area contributed by atoms with E-state index in [1.165, 1.54) is 16.7 Å². The van der Waals surface area contributed by atoms with Crippen LogP contribution in [0.25, 0.3) is 0 Å². The average Bonchev–Trinajstić information content (AvgIpc) is 2.75. The van der Waals surface area contributed by atoms with Gasteiger partial charge in [0.1, 0.15) is 5.80 Å². The molecular formula is C25H26OP+. The van der Waals surface area contributed by atoms with Gasteiger partial charge in [0.15, 0.2) is 5.78 Å². The highest BCUT2D eigenvalue weighted by Gasteiger charge is 2.35. The molecule has 0 spiro atoms. The van der Waals surface area contributed by atoms with Gasteiger partial charge in [-0.3, -0.25) is 4.79 Å². The fourth-order valence-electron chi connectivity index (χ4n) is 3.87. The van der Waals surface area contributed by atoms with Gasteiger partial charge in [-0.05, 0) is 29.5 Å². The van der Waals surface area contributed by atoms with Gasteiger partial charge >= 0.3 is 0 Å². The minimum absolute atomic E-state index is 0.199. The molecule has 27 heavy (non-hydrogen) atoms. The van der Waals surface area contributed by atoms with Crippen LogP contribution in [0, 0.1) is 0 Å². The van der Waals surface area contributed by atoms with Crippen LogP contribution in [0.2, 0.25) is 0 Å². The Morgan fingerprint density at radius 3 is 1.48 bits per heavy atom. The molecule has 0 amide bonds. The van der Waals surface area contributed by atoms with E-state index in [2.05, 4.69) is 99.9 Å². The largest absolute Gasteiger partial charge is 0.291 e. The number of benzene rings is 3. The van der Waals surface area contributed by atoms with Crippen LogP contribution in [0.3, 0.4) is 0 Å². The van der Waals surface area contributed by atoms with Crippen molar-refractivity contribution in [1.29, 1.82) is 0 Å². The normalized spacial score (nSPS) is 11.1. The van der Waals surface area contributed by atoms with E-state index in [1.807, 2.05) is 0 Å².